The zero-order valence-electron chi connectivity index (χ0n) is 14.9. The minimum Gasteiger partial charge on any atom is -0.355 e. The summed E-state index contributed by atoms with van der Waals surface area (Å²) >= 11 is 5.11. The molecule has 1 aliphatic heterocycles. The number of fused-ring (bicyclic) bond motifs is 5. The minimum atomic E-state index is -0.118. The first-order valence-electron chi connectivity index (χ1n) is 8.79. The highest BCUT2D eigenvalue weighted by Gasteiger charge is 2.58. The van der Waals surface area contributed by atoms with E-state index in [1.54, 1.807) is 18.4 Å². The van der Waals surface area contributed by atoms with Crippen molar-refractivity contribution in [3.63, 3.8) is 0 Å². The SMILES string of the molecule is CN=C(NCCN1C(=O)C2C3C=CC(C3)C2C1=O)NCc1cc(Br)cs1.I. The van der Waals surface area contributed by atoms with Gasteiger partial charge in [-0.15, -0.1) is 35.3 Å². The quantitative estimate of drug-likeness (QED) is 0.190. The first-order chi connectivity index (χ1) is 12.6. The molecule has 9 heteroatoms. The van der Waals surface area contributed by atoms with E-state index in [-0.39, 0.29) is 59.5 Å². The van der Waals surface area contributed by atoms with Crippen molar-refractivity contribution in [3.8, 4) is 0 Å². The van der Waals surface area contributed by atoms with Gasteiger partial charge in [0.05, 0.1) is 18.4 Å². The summed E-state index contributed by atoms with van der Waals surface area (Å²) in [6, 6.07) is 2.06. The van der Waals surface area contributed by atoms with Crippen LogP contribution in [0.15, 0.2) is 33.1 Å². The summed E-state index contributed by atoms with van der Waals surface area (Å²) < 4.78 is 1.07. The standard InChI is InChI=1S/C18H21BrN4O2S.HI/c1-20-18(22-8-13-7-12(19)9-26-13)21-4-5-23-16(24)14-10-2-3-11(6-10)15(14)17(23)25;/h2-3,7,9-11,14-15H,4-6,8H2,1H3,(H2,20,21,22);1H. The number of nitrogens with zero attached hydrogens (tertiary/aromatic N) is 2. The van der Waals surface area contributed by atoms with E-state index < -0.39 is 0 Å². The van der Waals surface area contributed by atoms with Crippen LogP contribution in [0.4, 0.5) is 0 Å². The lowest BCUT2D eigenvalue weighted by atomic mass is 9.85. The third kappa shape index (κ3) is 3.95. The Kier molecular flexibility index (Phi) is 6.62. The number of hydrogen-bond donors (Lipinski definition) is 2. The summed E-state index contributed by atoms with van der Waals surface area (Å²) in [6.45, 7) is 1.56. The van der Waals surface area contributed by atoms with Crippen molar-refractivity contribution >= 4 is 69.0 Å². The van der Waals surface area contributed by atoms with Gasteiger partial charge in [0.1, 0.15) is 0 Å². The molecule has 6 nitrogen and oxygen atoms in total. The number of thiophene rings is 1. The van der Waals surface area contributed by atoms with Gasteiger partial charge in [-0.25, -0.2) is 0 Å². The third-order valence-corrected chi connectivity index (χ3v) is 7.16. The lowest BCUT2D eigenvalue weighted by Gasteiger charge is -2.18. The van der Waals surface area contributed by atoms with E-state index in [1.165, 1.54) is 9.78 Å². The van der Waals surface area contributed by atoms with Gasteiger partial charge in [-0.1, -0.05) is 12.2 Å². The molecule has 4 unspecified atom stereocenters. The van der Waals surface area contributed by atoms with Gasteiger partial charge in [-0.05, 0) is 40.3 Å². The summed E-state index contributed by atoms with van der Waals surface area (Å²) in [5, 5.41) is 8.47. The average Bonchev–Trinajstić information content (AvgIpc) is 3.38. The molecule has 2 fully saturated rings. The Morgan fingerprint density at radius 1 is 1.26 bits per heavy atom. The minimum absolute atomic E-state index is 0. The second-order valence-corrected chi connectivity index (χ2v) is 8.82. The number of rotatable bonds is 5. The Morgan fingerprint density at radius 3 is 2.48 bits per heavy atom. The van der Waals surface area contributed by atoms with E-state index in [1.807, 2.05) is 5.38 Å². The van der Waals surface area contributed by atoms with Crippen LogP contribution in [0.3, 0.4) is 0 Å². The Balaban J connectivity index is 0.00000210. The second kappa shape index (κ2) is 8.60. The number of hydrogen-bond acceptors (Lipinski definition) is 4. The topological polar surface area (TPSA) is 73.8 Å². The molecule has 1 aromatic rings. The molecule has 2 N–H and O–H groups in total. The smallest absolute Gasteiger partial charge is 0.233 e. The maximum atomic E-state index is 12.6. The third-order valence-electron chi connectivity index (χ3n) is 5.46. The van der Waals surface area contributed by atoms with E-state index in [2.05, 4.69) is 49.8 Å². The molecule has 146 valence electrons. The van der Waals surface area contributed by atoms with E-state index in [0.717, 1.165) is 10.9 Å². The van der Waals surface area contributed by atoms with Crippen LogP contribution in [0.5, 0.6) is 0 Å². The van der Waals surface area contributed by atoms with Gasteiger partial charge in [0.15, 0.2) is 5.96 Å². The molecule has 1 saturated heterocycles. The number of likely N-dealkylation sites (tertiary alicyclic amines) is 1. The van der Waals surface area contributed by atoms with Crippen molar-refractivity contribution in [3.05, 3.63) is 32.9 Å². The predicted octanol–water partition coefficient (Wildman–Crippen LogP) is 2.60. The molecule has 27 heavy (non-hydrogen) atoms. The highest BCUT2D eigenvalue weighted by molar-refractivity contribution is 14.0. The van der Waals surface area contributed by atoms with Crippen LogP contribution < -0.4 is 10.6 Å². The fraction of sp³-hybridized carbons (Fsp3) is 0.500. The van der Waals surface area contributed by atoms with Crippen LogP contribution in [0, 0.1) is 23.7 Å². The molecule has 2 bridgehead atoms. The monoisotopic (exact) mass is 564 g/mol. The van der Waals surface area contributed by atoms with Crippen molar-refractivity contribution in [2.75, 3.05) is 20.1 Å². The molecule has 1 aromatic heterocycles. The van der Waals surface area contributed by atoms with E-state index in [0.29, 0.717) is 25.6 Å². The van der Waals surface area contributed by atoms with E-state index >= 15 is 0 Å². The summed E-state index contributed by atoms with van der Waals surface area (Å²) in [6.07, 6.45) is 5.20. The van der Waals surface area contributed by atoms with Gasteiger partial charge >= 0.3 is 0 Å². The number of halogens is 2. The van der Waals surface area contributed by atoms with Crippen LogP contribution in [0.25, 0.3) is 0 Å². The van der Waals surface area contributed by atoms with Gasteiger partial charge in [0.25, 0.3) is 0 Å². The summed E-state index contributed by atoms with van der Waals surface area (Å²) in [4.78, 5) is 32.1. The fourth-order valence-electron chi connectivity index (χ4n) is 4.31. The van der Waals surface area contributed by atoms with Crippen molar-refractivity contribution in [2.45, 2.75) is 13.0 Å². The van der Waals surface area contributed by atoms with Crippen molar-refractivity contribution in [2.24, 2.45) is 28.7 Å². The van der Waals surface area contributed by atoms with Gasteiger partial charge in [0, 0.05) is 34.9 Å². The molecular weight excluding hydrogens is 543 g/mol. The molecule has 4 atom stereocenters. The molecule has 2 amide bonds. The number of guanidine groups is 1. The predicted molar refractivity (Wildman–Crippen MR) is 120 cm³/mol. The number of aliphatic imine (C=N–C) groups is 1. The van der Waals surface area contributed by atoms with Gasteiger partial charge < -0.3 is 10.6 Å². The Labute approximate surface area is 188 Å². The first kappa shape index (κ1) is 20.8. The fourth-order valence-corrected chi connectivity index (χ4v) is 5.70. The molecular formula is C18H22BrIN4O2S. The van der Waals surface area contributed by atoms with Gasteiger partial charge in [-0.3, -0.25) is 19.5 Å². The molecule has 2 heterocycles. The average molecular weight is 565 g/mol. The summed E-state index contributed by atoms with van der Waals surface area (Å²) in [5.41, 5.74) is 0. The zero-order valence-corrected chi connectivity index (χ0v) is 19.6. The maximum Gasteiger partial charge on any atom is 0.233 e. The first-order valence-corrected chi connectivity index (χ1v) is 10.5. The van der Waals surface area contributed by atoms with Crippen LogP contribution in [0.2, 0.25) is 0 Å². The van der Waals surface area contributed by atoms with E-state index in [4.69, 9.17) is 0 Å². The lowest BCUT2D eigenvalue weighted by molar-refractivity contribution is -0.140. The number of allylic oxidation sites excluding steroid dienone is 2. The zero-order chi connectivity index (χ0) is 18.3. The molecule has 0 aromatic carbocycles. The lowest BCUT2D eigenvalue weighted by Crippen LogP contribution is -2.43. The molecule has 0 radical (unpaired) electrons. The number of nitrogens with one attached hydrogen (secondary N) is 2. The second-order valence-electron chi connectivity index (χ2n) is 6.91. The van der Waals surface area contributed by atoms with Crippen LogP contribution in [-0.2, 0) is 16.1 Å². The van der Waals surface area contributed by atoms with Crippen molar-refractivity contribution in [1.82, 2.24) is 15.5 Å². The summed E-state index contributed by atoms with van der Waals surface area (Å²) in [5.74, 6) is 0.961. The van der Waals surface area contributed by atoms with Gasteiger partial charge in [-0.2, -0.15) is 0 Å². The highest BCUT2D eigenvalue weighted by Crippen LogP contribution is 2.52. The number of carbonyl (C=O) groups is 2. The Bertz CT molecular complexity index is 766. The normalized spacial score (nSPS) is 28.5. The Hall–Kier alpha value is -0.940. The Morgan fingerprint density at radius 2 is 1.93 bits per heavy atom. The largest absolute Gasteiger partial charge is 0.355 e. The molecule has 3 aliphatic rings. The molecule has 4 rings (SSSR count). The highest BCUT2D eigenvalue weighted by atomic mass is 127. The van der Waals surface area contributed by atoms with Crippen molar-refractivity contribution < 1.29 is 9.59 Å². The van der Waals surface area contributed by atoms with Crippen LogP contribution in [0.1, 0.15) is 11.3 Å². The maximum absolute atomic E-state index is 12.6. The van der Waals surface area contributed by atoms with Crippen LogP contribution in [-0.4, -0.2) is 42.8 Å². The number of carbonyl (C=O) groups excluding carboxylic acids is 2. The van der Waals surface area contributed by atoms with Gasteiger partial charge in [0.2, 0.25) is 11.8 Å². The molecule has 1 saturated carbocycles. The number of imide groups is 1. The van der Waals surface area contributed by atoms with Crippen molar-refractivity contribution in [1.29, 1.82) is 0 Å². The summed E-state index contributed by atoms with van der Waals surface area (Å²) in [7, 11) is 1.71. The molecule has 2 aliphatic carbocycles. The van der Waals surface area contributed by atoms with E-state index in [9.17, 15) is 9.59 Å². The van der Waals surface area contributed by atoms with Crippen LogP contribution >= 0.6 is 51.2 Å². The number of amides is 2. The molecule has 0 spiro atoms.